The number of carbonyl (C=O) groups is 3. The molecule has 5 N–H and O–H groups in total. The number of carboxylic acid groups (broad SMARTS) is 1. The maximum atomic E-state index is 12.9. The molecule has 15 nitrogen and oxygen atoms in total. The number of hydrogen-bond donors (Lipinski definition) is 4. The zero-order chi connectivity index (χ0) is 25.1. The molecule has 4 heterocycles. The van der Waals surface area contributed by atoms with Crippen LogP contribution in [0, 0.1) is 0 Å². The first-order valence-electron chi connectivity index (χ1n) is 9.88. The second-order valence-corrected chi connectivity index (χ2v) is 9.95. The summed E-state index contributed by atoms with van der Waals surface area (Å²) in [6.07, 6.45) is 0. The SMILES string of the molecule is CO/N=C(\C(=O)NC1C(=O)N2C(C(=O)O)=C(CSc3nnnn3CCO)CS[C@H]12)c1csc(N)n1. The Bertz CT molecular complexity index is 1210. The molecule has 0 bridgehead atoms. The van der Waals surface area contributed by atoms with Gasteiger partial charge in [-0.2, -0.15) is 0 Å². The highest BCUT2D eigenvalue weighted by Crippen LogP contribution is 2.41. The number of nitrogens with zero attached hydrogens (tertiary/aromatic N) is 7. The van der Waals surface area contributed by atoms with Gasteiger partial charge in [-0.3, -0.25) is 14.5 Å². The Morgan fingerprint density at radius 2 is 2.26 bits per heavy atom. The summed E-state index contributed by atoms with van der Waals surface area (Å²) in [6.45, 7) is 0.0477. The first kappa shape index (κ1) is 24.9. The number of anilines is 1. The Kier molecular flexibility index (Phi) is 7.53. The Hall–Kier alpha value is -3.22. The van der Waals surface area contributed by atoms with E-state index in [1.165, 1.54) is 45.6 Å². The van der Waals surface area contributed by atoms with Crippen LogP contribution in [-0.4, -0.2) is 100 Å². The van der Waals surface area contributed by atoms with E-state index in [0.29, 0.717) is 16.5 Å². The highest BCUT2D eigenvalue weighted by molar-refractivity contribution is 8.01. The van der Waals surface area contributed by atoms with Crippen molar-refractivity contribution in [1.82, 2.24) is 35.4 Å². The number of oxime groups is 1. The van der Waals surface area contributed by atoms with E-state index in [0.717, 1.165) is 11.3 Å². The first-order chi connectivity index (χ1) is 16.8. The fraction of sp³-hybridized carbons (Fsp3) is 0.412. The Balaban J connectivity index is 1.48. The molecule has 2 aliphatic rings. The summed E-state index contributed by atoms with van der Waals surface area (Å²) in [5, 5.41) is 38.0. The van der Waals surface area contributed by atoms with E-state index in [-0.39, 0.29) is 41.1 Å². The number of aliphatic carboxylic acids is 1. The highest BCUT2D eigenvalue weighted by Gasteiger charge is 2.54. The molecule has 2 aliphatic heterocycles. The van der Waals surface area contributed by atoms with Gasteiger partial charge in [0.2, 0.25) is 5.16 Å². The van der Waals surface area contributed by atoms with Crippen molar-refractivity contribution in [2.45, 2.75) is 23.1 Å². The summed E-state index contributed by atoms with van der Waals surface area (Å²) < 4.78 is 1.40. The van der Waals surface area contributed by atoms with Crippen LogP contribution >= 0.6 is 34.9 Å². The monoisotopic (exact) mass is 541 g/mol. The average Bonchev–Trinajstić information content (AvgIpc) is 3.47. The number of nitrogen functional groups attached to an aromatic ring is 1. The molecule has 0 saturated carbocycles. The summed E-state index contributed by atoms with van der Waals surface area (Å²) in [7, 11) is 1.27. The summed E-state index contributed by atoms with van der Waals surface area (Å²) in [5.74, 6) is -1.97. The van der Waals surface area contributed by atoms with E-state index in [4.69, 9.17) is 15.7 Å². The molecule has 186 valence electrons. The Labute approximate surface area is 209 Å². The molecule has 18 heteroatoms. The molecule has 4 rings (SSSR count). The average molecular weight is 542 g/mol. The lowest BCUT2D eigenvalue weighted by Crippen LogP contribution is -2.71. The second-order valence-electron chi connectivity index (χ2n) is 7.01. The molecule has 2 atom stereocenters. The van der Waals surface area contributed by atoms with Crippen molar-refractivity contribution < 1.29 is 29.4 Å². The number of amides is 2. The lowest BCUT2D eigenvalue weighted by atomic mass is 10.0. The van der Waals surface area contributed by atoms with E-state index in [9.17, 15) is 19.5 Å². The number of hydrogen-bond acceptors (Lipinski definition) is 14. The van der Waals surface area contributed by atoms with Crippen molar-refractivity contribution >= 4 is 63.5 Å². The third-order valence-electron chi connectivity index (χ3n) is 4.88. The number of aliphatic hydroxyl groups excluding tert-OH is 1. The fourth-order valence-corrected chi connectivity index (χ4v) is 6.32. The fourth-order valence-electron chi connectivity index (χ4n) is 3.38. The van der Waals surface area contributed by atoms with Gasteiger partial charge in [0, 0.05) is 16.9 Å². The van der Waals surface area contributed by atoms with E-state index in [2.05, 4.69) is 31.0 Å². The van der Waals surface area contributed by atoms with Gasteiger partial charge >= 0.3 is 5.97 Å². The number of carbonyl (C=O) groups excluding carboxylic acids is 2. The van der Waals surface area contributed by atoms with Crippen molar-refractivity contribution in [3.63, 3.8) is 0 Å². The molecule has 1 saturated heterocycles. The van der Waals surface area contributed by atoms with E-state index >= 15 is 0 Å². The summed E-state index contributed by atoms with van der Waals surface area (Å²) in [6, 6.07) is -0.953. The number of tetrazole rings is 1. The molecule has 1 unspecified atom stereocenters. The number of thioether (sulfide) groups is 2. The normalized spacial score (nSPS) is 19.9. The van der Waals surface area contributed by atoms with Crippen molar-refractivity contribution in [3.05, 3.63) is 22.3 Å². The molecule has 2 amide bonds. The van der Waals surface area contributed by atoms with Crippen molar-refractivity contribution in [2.75, 3.05) is 31.0 Å². The predicted molar refractivity (Wildman–Crippen MR) is 125 cm³/mol. The summed E-state index contributed by atoms with van der Waals surface area (Å²) in [4.78, 5) is 47.7. The van der Waals surface area contributed by atoms with Crippen LogP contribution < -0.4 is 11.1 Å². The number of fused-ring (bicyclic) bond motifs is 1. The van der Waals surface area contributed by atoms with Crippen molar-refractivity contribution in [1.29, 1.82) is 0 Å². The van der Waals surface area contributed by atoms with E-state index in [1.54, 1.807) is 0 Å². The minimum atomic E-state index is -1.25. The van der Waals surface area contributed by atoms with Gasteiger partial charge in [-0.05, 0) is 16.0 Å². The van der Waals surface area contributed by atoms with Gasteiger partial charge in [-0.15, -0.1) is 28.2 Å². The van der Waals surface area contributed by atoms with E-state index in [1.807, 2.05) is 0 Å². The summed E-state index contributed by atoms with van der Waals surface area (Å²) in [5.41, 5.74) is 6.05. The lowest BCUT2D eigenvalue weighted by molar-refractivity contribution is -0.150. The van der Waals surface area contributed by atoms with Crippen LogP contribution in [0.5, 0.6) is 0 Å². The number of carboxylic acids is 1. The number of nitrogens with two attached hydrogens (primary N) is 1. The topological polar surface area (TPSA) is 211 Å². The molecule has 0 aliphatic carbocycles. The second kappa shape index (κ2) is 10.6. The van der Waals surface area contributed by atoms with Gasteiger partial charge in [0.25, 0.3) is 11.8 Å². The first-order valence-corrected chi connectivity index (χ1v) is 12.8. The smallest absolute Gasteiger partial charge is 0.352 e. The number of thiazole rings is 1. The van der Waals surface area contributed by atoms with Gasteiger partial charge < -0.3 is 26.1 Å². The predicted octanol–water partition coefficient (Wildman–Crippen LogP) is -1.41. The third kappa shape index (κ3) is 4.95. The highest BCUT2D eigenvalue weighted by atomic mass is 32.2. The van der Waals surface area contributed by atoms with Gasteiger partial charge in [0.1, 0.15) is 29.9 Å². The number of nitrogens with one attached hydrogen (secondary N) is 1. The van der Waals surface area contributed by atoms with Crippen LogP contribution in [0.25, 0.3) is 0 Å². The van der Waals surface area contributed by atoms with Gasteiger partial charge in [0.05, 0.1) is 13.2 Å². The minimum Gasteiger partial charge on any atom is -0.477 e. The number of rotatable bonds is 10. The van der Waals surface area contributed by atoms with Crippen LogP contribution in [0.15, 0.2) is 27.0 Å². The number of aromatic nitrogens is 5. The van der Waals surface area contributed by atoms with Gasteiger partial charge in [-0.25, -0.2) is 14.5 Å². The Morgan fingerprint density at radius 3 is 2.91 bits per heavy atom. The lowest BCUT2D eigenvalue weighted by Gasteiger charge is -2.49. The zero-order valence-corrected chi connectivity index (χ0v) is 20.5. The van der Waals surface area contributed by atoms with Gasteiger partial charge in [0.15, 0.2) is 10.8 Å². The maximum absolute atomic E-state index is 12.9. The van der Waals surface area contributed by atoms with Crippen LogP contribution in [0.3, 0.4) is 0 Å². The van der Waals surface area contributed by atoms with Crippen LogP contribution in [0.4, 0.5) is 5.13 Å². The molecular formula is C17H19N9O6S3. The summed E-state index contributed by atoms with van der Waals surface area (Å²) >= 11 is 3.64. The van der Waals surface area contributed by atoms with Crippen molar-refractivity contribution in [3.8, 4) is 0 Å². The molecule has 2 aromatic heterocycles. The molecular weight excluding hydrogens is 522 g/mol. The zero-order valence-electron chi connectivity index (χ0n) is 18.0. The quantitative estimate of drug-likeness (QED) is 0.118. The molecule has 2 aromatic rings. The van der Waals surface area contributed by atoms with Crippen LogP contribution in [-0.2, 0) is 25.8 Å². The number of aliphatic hydroxyl groups is 1. The van der Waals surface area contributed by atoms with Crippen LogP contribution in [0.2, 0.25) is 0 Å². The largest absolute Gasteiger partial charge is 0.477 e. The minimum absolute atomic E-state index is 0.129. The third-order valence-corrected chi connectivity index (χ3v) is 7.94. The van der Waals surface area contributed by atoms with Gasteiger partial charge in [-0.1, -0.05) is 16.9 Å². The molecule has 0 radical (unpaired) electrons. The molecule has 35 heavy (non-hydrogen) atoms. The molecule has 1 fully saturated rings. The molecule has 0 spiro atoms. The van der Waals surface area contributed by atoms with E-state index < -0.39 is 29.2 Å². The standard InChI is InChI=1S/C17H19N9O6S3/c1-32-22-9(8-6-34-16(18)19-8)12(28)20-10-13(29)26-11(15(30)31)7(4-33-14(10)26)5-35-17-21-23-24-25(17)2-3-27/h6,10,14,27H,2-5H2,1H3,(H2,18,19)(H,20,28)(H,30,31)/b22-9-/t10?,14-/m1/s1. The maximum Gasteiger partial charge on any atom is 0.352 e. The molecule has 0 aromatic carbocycles. The van der Waals surface area contributed by atoms with Crippen molar-refractivity contribution in [2.24, 2.45) is 5.16 Å². The number of β-lactam (4-membered cyclic amide) rings is 1. The van der Waals surface area contributed by atoms with Crippen LogP contribution in [0.1, 0.15) is 5.69 Å². The Morgan fingerprint density at radius 1 is 1.46 bits per heavy atom.